The summed E-state index contributed by atoms with van der Waals surface area (Å²) in [5, 5.41) is 0. The van der Waals surface area contributed by atoms with Crippen LogP contribution in [-0.4, -0.2) is 27.9 Å². The fourth-order valence-electron chi connectivity index (χ4n) is 2.57. The highest BCUT2D eigenvalue weighted by Gasteiger charge is 2.37. The molecule has 4 heteroatoms. The predicted molar refractivity (Wildman–Crippen MR) is 70.8 cm³/mol. The van der Waals surface area contributed by atoms with Gasteiger partial charge in [-0.3, -0.25) is 9.78 Å². The average Bonchev–Trinajstić information content (AvgIpc) is 2.41. The molecule has 4 nitrogen and oxygen atoms in total. The number of carbonyl (C=O) groups is 1. The van der Waals surface area contributed by atoms with E-state index in [1.54, 1.807) is 6.20 Å². The molecule has 3 atom stereocenters. The van der Waals surface area contributed by atoms with E-state index in [9.17, 15) is 4.79 Å². The maximum Gasteiger partial charge on any atom is 0.223 e. The zero-order valence-corrected chi connectivity index (χ0v) is 11.0. The minimum Gasteiger partial charge on any atom is -0.330 e. The van der Waals surface area contributed by atoms with Gasteiger partial charge in [-0.05, 0) is 31.9 Å². The monoisotopic (exact) mass is 247 g/mol. The number of likely N-dealkylation sites (tertiary alicyclic amines) is 1. The van der Waals surface area contributed by atoms with Crippen LogP contribution < -0.4 is 5.73 Å². The normalized spacial score (nSPS) is 26.2. The molecule has 18 heavy (non-hydrogen) atoms. The van der Waals surface area contributed by atoms with E-state index in [1.807, 2.05) is 23.1 Å². The third kappa shape index (κ3) is 2.38. The Morgan fingerprint density at radius 3 is 2.94 bits per heavy atom. The lowest BCUT2D eigenvalue weighted by Crippen LogP contribution is -2.52. The Balaban J connectivity index is 2.35. The minimum atomic E-state index is -0.0811. The van der Waals surface area contributed by atoms with Gasteiger partial charge in [-0.2, -0.15) is 0 Å². The number of pyridine rings is 1. The second kappa shape index (κ2) is 5.48. The van der Waals surface area contributed by atoms with E-state index in [1.165, 1.54) is 0 Å². The molecule has 0 radical (unpaired) electrons. The summed E-state index contributed by atoms with van der Waals surface area (Å²) < 4.78 is 0. The summed E-state index contributed by atoms with van der Waals surface area (Å²) in [6.45, 7) is 4.17. The first-order valence-corrected chi connectivity index (χ1v) is 6.62. The van der Waals surface area contributed by atoms with Gasteiger partial charge in [-0.15, -0.1) is 0 Å². The molecule has 0 aliphatic carbocycles. The molecule has 2 N–H and O–H groups in total. The summed E-state index contributed by atoms with van der Waals surface area (Å²) in [6, 6.07) is 5.89. The van der Waals surface area contributed by atoms with Gasteiger partial charge in [0, 0.05) is 24.7 Å². The van der Waals surface area contributed by atoms with E-state index in [0.29, 0.717) is 6.42 Å². The number of aromatic nitrogens is 1. The Kier molecular flexibility index (Phi) is 3.97. The van der Waals surface area contributed by atoms with Crippen LogP contribution >= 0.6 is 0 Å². The van der Waals surface area contributed by atoms with Crippen molar-refractivity contribution in [3.05, 3.63) is 30.1 Å². The first-order valence-electron chi connectivity index (χ1n) is 6.62. The largest absolute Gasteiger partial charge is 0.330 e. The molecule has 1 saturated heterocycles. The lowest BCUT2D eigenvalue weighted by Gasteiger charge is -2.42. The van der Waals surface area contributed by atoms with E-state index in [4.69, 9.17) is 5.73 Å². The summed E-state index contributed by atoms with van der Waals surface area (Å²) >= 11 is 0. The average molecular weight is 247 g/mol. The Labute approximate surface area is 108 Å². The van der Waals surface area contributed by atoms with Crippen molar-refractivity contribution in [2.45, 2.75) is 51.2 Å². The number of nitrogens with two attached hydrogens (primary N) is 1. The molecule has 1 amide bonds. The van der Waals surface area contributed by atoms with Crippen LogP contribution in [0.5, 0.6) is 0 Å². The first-order chi connectivity index (χ1) is 8.65. The number of amides is 1. The van der Waals surface area contributed by atoms with Crippen molar-refractivity contribution in [3.8, 4) is 0 Å². The molecule has 98 valence electrons. The Morgan fingerprint density at radius 2 is 2.33 bits per heavy atom. The van der Waals surface area contributed by atoms with Gasteiger partial charge < -0.3 is 10.6 Å². The van der Waals surface area contributed by atoms with Crippen molar-refractivity contribution in [1.29, 1.82) is 0 Å². The summed E-state index contributed by atoms with van der Waals surface area (Å²) in [4.78, 5) is 18.5. The highest BCUT2D eigenvalue weighted by molar-refractivity contribution is 5.78. The van der Waals surface area contributed by atoms with Gasteiger partial charge in [0.25, 0.3) is 0 Å². The van der Waals surface area contributed by atoms with E-state index < -0.39 is 0 Å². The van der Waals surface area contributed by atoms with E-state index in [-0.39, 0.29) is 24.0 Å². The molecule has 0 spiro atoms. The van der Waals surface area contributed by atoms with Crippen molar-refractivity contribution in [2.24, 2.45) is 5.73 Å². The fourth-order valence-corrected chi connectivity index (χ4v) is 2.57. The SMILES string of the molecule is CCC(C)N1C(=O)CCC(N)C1c1ccccn1. The van der Waals surface area contributed by atoms with Gasteiger partial charge >= 0.3 is 0 Å². The highest BCUT2D eigenvalue weighted by atomic mass is 16.2. The molecule has 0 bridgehead atoms. The fraction of sp³-hybridized carbons (Fsp3) is 0.571. The zero-order chi connectivity index (χ0) is 13.1. The van der Waals surface area contributed by atoms with Crippen LogP contribution in [0.4, 0.5) is 0 Å². The third-order valence-corrected chi connectivity index (χ3v) is 3.74. The number of rotatable bonds is 3. The molecule has 1 aliphatic heterocycles. The number of hydrogen-bond acceptors (Lipinski definition) is 3. The van der Waals surface area contributed by atoms with E-state index in [0.717, 1.165) is 18.5 Å². The molecule has 2 heterocycles. The molecule has 2 rings (SSSR count). The number of piperidine rings is 1. The van der Waals surface area contributed by atoms with Crippen molar-refractivity contribution in [3.63, 3.8) is 0 Å². The second-order valence-corrected chi connectivity index (χ2v) is 4.96. The molecular formula is C14H21N3O. The van der Waals surface area contributed by atoms with Gasteiger partial charge in [-0.1, -0.05) is 13.0 Å². The highest BCUT2D eigenvalue weighted by Crippen LogP contribution is 2.32. The minimum absolute atomic E-state index is 0.0217. The van der Waals surface area contributed by atoms with Crippen LogP contribution in [-0.2, 0) is 4.79 Å². The molecule has 0 aromatic carbocycles. The molecular weight excluding hydrogens is 226 g/mol. The van der Waals surface area contributed by atoms with Gasteiger partial charge in [-0.25, -0.2) is 0 Å². The Morgan fingerprint density at radius 1 is 1.56 bits per heavy atom. The lowest BCUT2D eigenvalue weighted by molar-refractivity contribution is -0.140. The topological polar surface area (TPSA) is 59.2 Å². The van der Waals surface area contributed by atoms with Crippen molar-refractivity contribution >= 4 is 5.91 Å². The number of hydrogen-bond donors (Lipinski definition) is 1. The van der Waals surface area contributed by atoms with Crippen LogP contribution in [0.15, 0.2) is 24.4 Å². The van der Waals surface area contributed by atoms with Crippen molar-refractivity contribution in [2.75, 3.05) is 0 Å². The summed E-state index contributed by atoms with van der Waals surface area (Å²) in [7, 11) is 0. The molecule has 3 unspecified atom stereocenters. The maximum absolute atomic E-state index is 12.2. The van der Waals surface area contributed by atoms with Gasteiger partial charge in [0.1, 0.15) is 0 Å². The van der Waals surface area contributed by atoms with Crippen LogP contribution in [0, 0.1) is 0 Å². The zero-order valence-electron chi connectivity index (χ0n) is 11.0. The standard InChI is InChI=1S/C14H21N3O/c1-3-10(2)17-13(18)8-7-11(15)14(17)12-6-4-5-9-16-12/h4-6,9-11,14H,3,7-8,15H2,1-2H3. The van der Waals surface area contributed by atoms with Crippen molar-refractivity contribution < 1.29 is 4.79 Å². The quantitative estimate of drug-likeness (QED) is 0.887. The third-order valence-electron chi connectivity index (χ3n) is 3.74. The molecule has 1 aromatic heterocycles. The summed E-state index contributed by atoms with van der Waals surface area (Å²) in [5.41, 5.74) is 7.12. The van der Waals surface area contributed by atoms with E-state index >= 15 is 0 Å². The van der Waals surface area contributed by atoms with Gasteiger partial charge in [0.15, 0.2) is 0 Å². The smallest absolute Gasteiger partial charge is 0.223 e. The van der Waals surface area contributed by atoms with Crippen LogP contribution in [0.3, 0.4) is 0 Å². The number of nitrogens with zero attached hydrogens (tertiary/aromatic N) is 2. The Hall–Kier alpha value is -1.42. The lowest BCUT2D eigenvalue weighted by atomic mass is 9.91. The summed E-state index contributed by atoms with van der Waals surface area (Å²) in [6.07, 6.45) is 3.99. The van der Waals surface area contributed by atoms with Crippen molar-refractivity contribution in [1.82, 2.24) is 9.88 Å². The van der Waals surface area contributed by atoms with Crippen LogP contribution in [0.25, 0.3) is 0 Å². The molecule has 1 aromatic rings. The molecule has 1 fully saturated rings. The van der Waals surface area contributed by atoms with Gasteiger partial charge in [0.05, 0.1) is 11.7 Å². The summed E-state index contributed by atoms with van der Waals surface area (Å²) in [5.74, 6) is 0.196. The van der Waals surface area contributed by atoms with Crippen LogP contribution in [0.1, 0.15) is 44.8 Å². The first kappa shape index (κ1) is 13.0. The van der Waals surface area contributed by atoms with Gasteiger partial charge in [0.2, 0.25) is 5.91 Å². The molecule has 1 aliphatic rings. The number of carbonyl (C=O) groups excluding carboxylic acids is 1. The maximum atomic E-state index is 12.2. The van der Waals surface area contributed by atoms with Crippen LogP contribution in [0.2, 0.25) is 0 Å². The predicted octanol–water partition coefficient (Wildman–Crippen LogP) is 1.87. The second-order valence-electron chi connectivity index (χ2n) is 4.96. The Bertz CT molecular complexity index is 407. The molecule has 0 saturated carbocycles. The van der Waals surface area contributed by atoms with E-state index in [2.05, 4.69) is 18.8 Å².